The molecule has 7 heteroatoms. The third kappa shape index (κ3) is 4.32. The lowest BCUT2D eigenvalue weighted by Gasteiger charge is -2.17. The second-order valence-corrected chi connectivity index (χ2v) is 5.59. The number of benzene rings is 1. The zero-order chi connectivity index (χ0) is 17.0. The van der Waals surface area contributed by atoms with Crippen molar-refractivity contribution in [2.45, 2.75) is 20.4 Å². The second-order valence-electron chi connectivity index (χ2n) is 5.15. The molecule has 23 heavy (non-hydrogen) atoms. The normalized spacial score (nSPS) is 10.4. The van der Waals surface area contributed by atoms with Crippen LogP contribution in [0.3, 0.4) is 0 Å². The summed E-state index contributed by atoms with van der Waals surface area (Å²) < 4.78 is 9.94. The van der Waals surface area contributed by atoms with Gasteiger partial charge in [0.25, 0.3) is 5.91 Å². The standard InChI is InChI=1S/C16H17ClN2O4/c1-10-15(11(2)23-18-10)16(21)22-9-14(20)19(3)8-12-4-6-13(17)7-5-12/h4-7H,8-9H2,1-3H3. The molecule has 0 radical (unpaired) electrons. The van der Waals surface area contributed by atoms with E-state index < -0.39 is 5.97 Å². The Kier molecular flexibility index (Phi) is 5.39. The molecule has 0 bridgehead atoms. The summed E-state index contributed by atoms with van der Waals surface area (Å²) in [5, 5.41) is 4.32. The maximum atomic E-state index is 12.0. The fraction of sp³-hybridized carbons (Fsp3) is 0.312. The fourth-order valence-electron chi connectivity index (χ4n) is 2.04. The zero-order valence-corrected chi connectivity index (χ0v) is 13.9. The molecule has 122 valence electrons. The number of nitrogens with zero attached hydrogens (tertiary/aromatic N) is 2. The lowest BCUT2D eigenvalue weighted by molar-refractivity contribution is -0.133. The number of ether oxygens (including phenoxy) is 1. The van der Waals surface area contributed by atoms with Crippen molar-refractivity contribution < 1.29 is 18.8 Å². The molecule has 6 nitrogen and oxygen atoms in total. The Hall–Kier alpha value is -2.34. The van der Waals surface area contributed by atoms with Crippen molar-refractivity contribution in [1.29, 1.82) is 0 Å². The SMILES string of the molecule is Cc1noc(C)c1C(=O)OCC(=O)N(C)Cc1ccc(Cl)cc1. The summed E-state index contributed by atoms with van der Waals surface area (Å²) in [6.45, 7) is 3.32. The van der Waals surface area contributed by atoms with Gasteiger partial charge in [0.2, 0.25) is 0 Å². The number of esters is 1. The predicted octanol–water partition coefficient (Wildman–Crippen LogP) is 2.76. The van der Waals surface area contributed by atoms with Crippen LogP contribution in [0.4, 0.5) is 0 Å². The van der Waals surface area contributed by atoms with Crippen molar-refractivity contribution in [2.75, 3.05) is 13.7 Å². The average molecular weight is 337 g/mol. The predicted molar refractivity (Wildman–Crippen MR) is 84.2 cm³/mol. The smallest absolute Gasteiger partial charge is 0.344 e. The molecule has 2 aromatic rings. The van der Waals surface area contributed by atoms with E-state index in [2.05, 4.69) is 5.16 Å². The molecule has 0 aliphatic heterocycles. The Morgan fingerprint density at radius 1 is 1.26 bits per heavy atom. The van der Waals surface area contributed by atoms with Crippen LogP contribution >= 0.6 is 11.6 Å². The minimum absolute atomic E-state index is 0.262. The van der Waals surface area contributed by atoms with Gasteiger partial charge in [-0.25, -0.2) is 4.79 Å². The number of aromatic nitrogens is 1. The number of carbonyl (C=O) groups is 2. The summed E-state index contributed by atoms with van der Waals surface area (Å²) in [4.78, 5) is 25.5. The summed E-state index contributed by atoms with van der Waals surface area (Å²) in [5.74, 6) is -0.552. The zero-order valence-electron chi connectivity index (χ0n) is 13.1. The summed E-state index contributed by atoms with van der Waals surface area (Å²) >= 11 is 5.82. The molecule has 1 amide bonds. The molecule has 0 saturated carbocycles. The highest BCUT2D eigenvalue weighted by Crippen LogP contribution is 2.14. The van der Waals surface area contributed by atoms with Gasteiger partial charge in [0.15, 0.2) is 6.61 Å². The van der Waals surface area contributed by atoms with E-state index in [1.165, 1.54) is 4.90 Å². The first-order valence-corrected chi connectivity index (χ1v) is 7.34. The quantitative estimate of drug-likeness (QED) is 0.785. The Bertz CT molecular complexity index is 690. The topological polar surface area (TPSA) is 72.6 Å². The van der Waals surface area contributed by atoms with E-state index in [9.17, 15) is 9.59 Å². The van der Waals surface area contributed by atoms with Crippen LogP contribution < -0.4 is 0 Å². The summed E-state index contributed by atoms with van der Waals surface area (Å²) in [6, 6.07) is 7.18. The number of hydrogen-bond donors (Lipinski definition) is 0. The van der Waals surface area contributed by atoms with Gasteiger partial charge in [0, 0.05) is 18.6 Å². The first-order chi connectivity index (χ1) is 10.9. The number of carbonyl (C=O) groups excluding carboxylic acids is 2. The molecule has 1 aromatic heterocycles. The van der Waals surface area contributed by atoms with Crippen LogP contribution in [0.1, 0.15) is 27.4 Å². The first kappa shape index (κ1) is 17.0. The number of aryl methyl sites for hydroxylation is 2. The number of hydrogen-bond acceptors (Lipinski definition) is 5. The van der Waals surface area contributed by atoms with Gasteiger partial charge in [-0.2, -0.15) is 0 Å². The van der Waals surface area contributed by atoms with Crippen molar-refractivity contribution in [3.05, 3.63) is 51.9 Å². The molecule has 0 spiro atoms. The highest BCUT2D eigenvalue weighted by atomic mass is 35.5. The minimum atomic E-state index is -0.616. The van der Waals surface area contributed by atoms with E-state index in [0.717, 1.165) is 5.56 Å². The molecule has 0 unspecified atom stereocenters. The monoisotopic (exact) mass is 336 g/mol. The lowest BCUT2D eigenvalue weighted by atomic mass is 10.2. The number of halogens is 1. The van der Waals surface area contributed by atoms with Gasteiger partial charge >= 0.3 is 5.97 Å². The third-order valence-corrected chi connectivity index (χ3v) is 3.57. The molecule has 0 atom stereocenters. The van der Waals surface area contributed by atoms with Crippen molar-refractivity contribution in [2.24, 2.45) is 0 Å². The van der Waals surface area contributed by atoms with E-state index in [1.807, 2.05) is 12.1 Å². The largest absolute Gasteiger partial charge is 0.452 e. The molecule has 1 aromatic carbocycles. The third-order valence-electron chi connectivity index (χ3n) is 3.32. The molecule has 0 fully saturated rings. The van der Waals surface area contributed by atoms with Crippen molar-refractivity contribution in [1.82, 2.24) is 10.1 Å². The first-order valence-electron chi connectivity index (χ1n) is 6.97. The van der Waals surface area contributed by atoms with E-state index >= 15 is 0 Å². The number of amides is 1. The van der Waals surface area contributed by atoms with Crippen LogP contribution in [0, 0.1) is 13.8 Å². The van der Waals surface area contributed by atoms with Crippen LogP contribution in [0.5, 0.6) is 0 Å². The Morgan fingerprint density at radius 3 is 2.48 bits per heavy atom. The van der Waals surface area contributed by atoms with Crippen molar-refractivity contribution >= 4 is 23.5 Å². The molecule has 1 heterocycles. The van der Waals surface area contributed by atoms with Crippen LogP contribution in [0.25, 0.3) is 0 Å². The van der Waals surface area contributed by atoms with Gasteiger partial charge in [-0.05, 0) is 31.5 Å². The van der Waals surface area contributed by atoms with Gasteiger partial charge in [-0.1, -0.05) is 28.9 Å². The van der Waals surface area contributed by atoms with Crippen molar-refractivity contribution in [3.8, 4) is 0 Å². The van der Waals surface area contributed by atoms with Crippen LogP contribution in [-0.4, -0.2) is 35.6 Å². The average Bonchev–Trinajstić information content (AvgIpc) is 2.85. The highest BCUT2D eigenvalue weighted by molar-refractivity contribution is 6.30. The van der Waals surface area contributed by atoms with E-state index in [0.29, 0.717) is 23.0 Å². The molecular weight excluding hydrogens is 320 g/mol. The number of likely N-dealkylation sites (N-methyl/N-ethyl adjacent to an activating group) is 1. The minimum Gasteiger partial charge on any atom is -0.452 e. The molecule has 0 saturated heterocycles. The second kappa shape index (κ2) is 7.28. The van der Waals surface area contributed by atoms with E-state index in [-0.39, 0.29) is 18.1 Å². The Labute approximate surface area is 139 Å². The maximum absolute atomic E-state index is 12.0. The van der Waals surface area contributed by atoms with Crippen molar-refractivity contribution in [3.63, 3.8) is 0 Å². The van der Waals surface area contributed by atoms with Gasteiger partial charge in [0.1, 0.15) is 11.3 Å². The molecular formula is C16H17ClN2O4. The molecule has 2 rings (SSSR count). The van der Waals surface area contributed by atoms with Crippen LogP contribution in [0.2, 0.25) is 5.02 Å². The van der Waals surface area contributed by atoms with E-state index in [1.54, 1.807) is 33.0 Å². The number of rotatable bonds is 5. The fourth-order valence-corrected chi connectivity index (χ4v) is 2.16. The molecule has 0 N–H and O–H groups in total. The van der Waals surface area contributed by atoms with Gasteiger partial charge in [0.05, 0.1) is 5.69 Å². The summed E-state index contributed by atoms with van der Waals surface area (Å²) in [7, 11) is 1.64. The maximum Gasteiger partial charge on any atom is 0.344 e. The Morgan fingerprint density at radius 2 is 1.91 bits per heavy atom. The summed E-state index contributed by atoms with van der Waals surface area (Å²) in [6.07, 6.45) is 0. The molecule has 0 aliphatic carbocycles. The summed E-state index contributed by atoms with van der Waals surface area (Å²) in [5.41, 5.74) is 1.63. The molecule has 0 aliphatic rings. The van der Waals surface area contributed by atoms with E-state index in [4.69, 9.17) is 20.9 Å². The van der Waals surface area contributed by atoms with Crippen LogP contribution in [0.15, 0.2) is 28.8 Å². The lowest BCUT2D eigenvalue weighted by Crippen LogP contribution is -2.30. The van der Waals surface area contributed by atoms with Crippen LogP contribution in [-0.2, 0) is 16.1 Å². The Balaban J connectivity index is 1.89. The van der Waals surface area contributed by atoms with Gasteiger partial charge < -0.3 is 14.2 Å². The van der Waals surface area contributed by atoms with Gasteiger partial charge in [-0.15, -0.1) is 0 Å². The van der Waals surface area contributed by atoms with Gasteiger partial charge in [-0.3, -0.25) is 4.79 Å². The highest BCUT2D eigenvalue weighted by Gasteiger charge is 2.20.